The number of hydrogen-bond donors (Lipinski definition) is 2. The van der Waals surface area contributed by atoms with Crippen molar-refractivity contribution >= 4 is 32.7 Å². The molecule has 2 aromatic heterocycles. The summed E-state index contributed by atoms with van der Waals surface area (Å²) < 4.78 is 0.773. The van der Waals surface area contributed by atoms with E-state index < -0.39 is 0 Å². The van der Waals surface area contributed by atoms with E-state index in [1.165, 1.54) is 0 Å². The molecule has 0 bridgehead atoms. The van der Waals surface area contributed by atoms with Crippen molar-refractivity contribution in [2.45, 2.75) is 53.0 Å². The van der Waals surface area contributed by atoms with E-state index in [1.807, 2.05) is 12.1 Å². The zero-order valence-electron chi connectivity index (χ0n) is 14.8. The van der Waals surface area contributed by atoms with Gasteiger partial charge in [0.2, 0.25) is 0 Å². The molecule has 0 aromatic carbocycles. The van der Waals surface area contributed by atoms with Gasteiger partial charge in [0.25, 0.3) is 5.91 Å². The van der Waals surface area contributed by atoms with Gasteiger partial charge >= 0.3 is 0 Å². The zero-order chi connectivity index (χ0) is 17.5. The van der Waals surface area contributed by atoms with Crippen LogP contribution >= 0.6 is 15.9 Å². The monoisotopic (exact) mass is 391 g/mol. The van der Waals surface area contributed by atoms with E-state index in [0.717, 1.165) is 34.8 Å². The molecular formula is C19H26BrN3O. The number of rotatable bonds is 3. The number of hydrogen-bond acceptors (Lipinski definition) is 2. The number of aromatic amines is 1. The molecule has 0 radical (unpaired) electrons. The summed E-state index contributed by atoms with van der Waals surface area (Å²) in [5.74, 6) is 1.11. The van der Waals surface area contributed by atoms with E-state index >= 15 is 0 Å². The summed E-state index contributed by atoms with van der Waals surface area (Å²) in [6.07, 6.45) is 5.11. The topological polar surface area (TPSA) is 57.8 Å². The molecule has 1 fully saturated rings. The minimum absolute atomic E-state index is 0.0197. The first-order chi connectivity index (χ1) is 11.3. The van der Waals surface area contributed by atoms with Crippen molar-refractivity contribution < 1.29 is 4.79 Å². The van der Waals surface area contributed by atoms with Gasteiger partial charge in [-0.2, -0.15) is 0 Å². The Hall–Kier alpha value is -1.36. The maximum Gasteiger partial charge on any atom is 0.267 e. The SMILES string of the molecule is CC[C@H]1[C@H](C)[C@@H](NC(=O)c2cc3cc(Br)ncc3[nH]2)CCC1(C)C. The van der Waals surface area contributed by atoms with Crippen LogP contribution in [0.15, 0.2) is 22.9 Å². The van der Waals surface area contributed by atoms with Crippen LogP contribution in [0.4, 0.5) is 0 Å². The van der Waals surface area contributed by atoms with Crippen LogP contribution in [0, 0.1) is 17.3 Å². The first kappa shape index (κ1) is 17.5. The Bertz CT molecular complexity index is 752. The number of halogens is 1. The number of pyridine rings is 1. The maximum atomic E-state index is 12.7. The zero-order valence-corrected chi connectivity index (χ0v) is 16.4. The van der Waals surface area contributed by atoms with Gasteiger partial charge in [-0.3, -0.25) is 4.79 Å². The van der Waals surface area contributed by atoms with Crippen LogP contribution in [0.3, 0.4) is 0 Å². The van der Waals surface area contributed by atoms with E-state index in [0.29, 0.717) is 22.9 Å². The highest BCUT2D eigenvalue weighted by molar-refractivity contribution is 9.10. The molecule has 5 heteroatoms. The highest BCUT2D eigenvalue weighted by Gasteiger charge is 2.41. The van der Waals surface area contributed by atoms with Crippen LogP contribution in [0.2, 0.25) is 0 Å². The van der Waals surface area contributed by atoms with Crippen molar-refractivity contribution in [3.05, 3.63) is 28.6 Å². The molecule has 0 spiro atoms. The summed E-state index contributed by atoms with van der Waals surface area (Å²) in [6.45, 7) is 9.26. The van der Waals surface area contributed by atoms with Crippen LogP contribution < -0.4 is 5.32 Å². The lowest BCUT2D eigenvalue weighted by Crippen LogP contribution is -2.49. The maximum absolute atomic E-state index is 12.7. The molecule has 1 aliphatic rings. The highest BCUT2D eigenvalue weighted by Crippen LogP contribution is 2.45. The van der Waals surface area contributed by atoms with Gasteiger partial charge in [-0.1, -0.05) is 34.1 Å². The molecule has 2 heterocycles. The number of nitrogens with one attached hydrogen (secondary N) is 2. The molecule has 0 saturated heterocycles. The third kappa shape index (κ3) is 3.23. The third-order valence-electron chi connectivity index (χ3n) is 5.85. The molecule has 24 heavy (non-hydrogen) atoms. The predicted octanol–water partition coefficient (Wildman–Crippen LogP) is 4.91. The Kier molecular flexibility index (Phi) is 4.73. The lowest BCUT2D eigenvalue weighted by atomic mass is 9.61. The van der Waals surface area contributed by atoms with Gasteiger partial charge < -0.3 is 10.3 Å². The van der Waals surface area contributed by atoms with Gasteiger partial charge in [0.05, 0.1) is 11.7 Å². The second-order valence-electron chi connectivity index (χ2n) is 7.76. The summed E-state index contributed by atoms with van der Waals surface area (Å²) in [4.78, 5) is 20.1. The highest BCUT2D eigenvalue weighted by atomic mass is 79.9. The second kappa shape index (κ2) is 6.51. The molecule has 1 saturated carbocycles. The summed E-state index contributed by atoms with van der Waals surface area (Å²) in [5, 5.41) is 4.25. The quantitative estimate of drug-likeness (QED) is 0.730. The Morgan fingerprint density at radius 1 is 1.46 bits per heavy atom. The van der Waals surface area contributed by atoms with Crippen LogP contribution in [-0.2, 0) is 0 Å². The average molecular weight is 392 g/mol. The van der Waals surface area contributed by atoms with Gasteiger partial charge in [-0.15, -0.1) is 0 Å². The average Bonchev–Trinajstić information content (AvgIpc) is 2.93. The van der Waals surface area contributed by atoms with Gasteiger partial charge in [0.1, 0.15) is 10.3 Å². The molecule has 4 nitrogen and oxygen atoms in total. The number of H-pyrrole nitrogens is 1. The number of nitrogens with zero attached hydrogens (tertiary/aromatic N) is 1. The van der Waals surface area contributed by atoms with Gasteiger partial charge in [-0.05, 0) is 58.2 Å². The fourth-order valence-corrected chi connectivity index (χ4v) is 4.82. The lowest BCUT2D eigenvalue weighted by molar-refractivity contribution is 0.0482. The minimum atomic E-state index is -0.0197. The summed E-state index contributed by atoms with van der Waals surface area (Å²) >= 11 is 3.37. The minimum Gasteiger partial charge on any atom is -0.349 e. The van der Waals surface area contributed by atoms with E-state index in [1.54, 1.807) is 6.20 Å². The van der Waals surface area contributed by atoms with Crippen molar-refractivity contribution in [3.63, 3.8) is 0 Å². The Labute approximate surface area is 151 Å². The largest absolute Gasteiger partial charge is 0.349 e. The van der Waals surface area contributed by atoms with Crippen molar-refractivity contribution in [3.8, 4) is 0 Å². The molecule has 0 aliphatic heterocycles. The van der Waals surface area contributed by atoms with Crippen LogP contribution in [0.1, 0.15) is 57.4 Å². The summed E-state index contributed by atoms with van der Waals surface area (Å²) in [7, 11) is 0. The molecule has 1 aliphatic carbocycles. The number of fused-ring (bicyclic) bond motifs is 1. The molecule has 2 aromatic rings. The standard InChI is InChI=1S/C19H26BrN3O/c1-5-13-11(2)14(6-7-19(13,3)4)23-18(24)15-8-12-9-17(20)21-10-16(12)22-15/h8-11,13-14,22H,5-7H2,1-4H3,(H,23,24)/t11-,13-,14-/m0/s1. The van der Waals surface area contributed by atoms with Gasteiger partial charge in [-0.25, -0.2) is 4.98 Å². The van der Waals surface area contributed by atoms with E-state index in [4.69, 9.17) is 0 Å². The van der Waals surface area contributed by atoms with E-state index in [-0.39, 0.29) is 11.9 Å². The van der Waals surface area contributed by atoms with Crippen molar-refractivity contribution in [2.75, 3.05) is 0 Å². The molecule has 1 amide bonds. The van der Waals surface area contributed by atoms with E-state index in [2.05, 4.69) is 58.9 Å². The lowest BCUT2D eigenvalue weighted by Gasteiger charge is -2.47. The molecule has 3 rings (SSSR count). The fraction of sp³-hybridized carbons (Fsp3) is 0.579. The predicted molar refractivity (Wildman–Crippen MR) is 101 cm³/mol. The first-order valence-corrected chi connectivity index (χ1v) is 9.56. The smallest absolute Gasteiger partial charge is 0.267 e. The van der Waals surface area contributed by atoms with Crippen LogP contribution in [-0.4, -0.2) is 21.9 Å². The van der Waals surface area contributed by atoms with Crippen molar-refractivity contribution in [2.24, 2.45) is 17.3 Å². The fourth-order valence-electron chi connectivity index (χ4n) is 4.47. The van der Waals surface area contributed by atoms with Crippen molar-refractivity contribution in [1.29, 1.82) is 0 Å². The normalized spacial score (nSPS) is 26.5. The molecule has 0 unspecified atom stereocenters. The van der Waals surface area contributed by atoms with Crippen LogP contribution in [0.25, 0.3) is 10.9 Å². The molecular weight excluding hydrogens is 366 g/mol. The van der Waals surface area contributed by atoms with Crippen LogP contribution in [0.5, 0.6) is 0 Å². The third-order valence-corrected chi connectivity index (χ3v) is 6.28. The Balaban J connectivity index is 1.76. The van der Waals surface area contributed by atoms with Gasteiger partial charge in [0, 0.05) is 11.4 Å². The number of aromatic nitrogens is 2. The summed E-state index contributed by atoms with van der Waals surface area (Å²) in [5.41, 5.74) is 1.84. The summed E-state index contributed by atoms with van der Waals surface area (Å²) in [6, 6.07) is 4.06. The first-order valence-electron chi connectivity index (χ1n) is 8.77. The number of amides is 1. The Morgan fingerprint density at radius 2 is 2.21 bits per heavy atom. The molecule has 130 valence electrons. The Morgan fingerprint density at radius 3 is 2.92 bits per heavy atom. The second-order valence-corrected chi connectivity index (χ2v) is 8.57. The number of carbonyl (C=O) groups excluding carboxylic acids is 1. The van der Waals surface area contributed by atoms with E-state index in [9.17, 15) is 4.79 Å². The molecule has 2 N–H and O–H groups in total. The molecule has 3 atom stereocenters. The van der Waals surface area contributed by atoms with Crippen molar-refractivity contribution in [1.82, 2.24) is 15.3 Å². The van der Waals surface area contributed by atoms with Gasteiger partial charge in [0.15, 0.2) is 0 Å². The number of carbonyl (C=O) groups is 1.